The van der Waals surface area contributed by atoms with Crippen LogP contribution in [0.25, 0.3) is 27.7 Å². The van der Waals surface area contributed by atoms with Crippen LogP contribution >= 0.6 is 23.2 Å². The van der Waals surface area contributed by atoms with Crippen LogP contribution in [0.3, 0.4) is 0 Å². The number of nitrogens with zero attached hydrogens (tertiary/aromatic N) is 3. The summed E-state index contributed by atoms with van der Waals surface area (Å²) in [4.78, 5) is 11.0. The van der Waals surface area contributed by atoms with Crippen LogP contribution in [-0.4, -0.2) is 34.5 Å². The summed E-state index contributed by atoms with van der Waals surface area (Å²) in [6.45, 7) is 3.40. The first-order chi connectivity index (χ1) is 17.6. The SMILES string of the molecule is N#Cc1cccc(-c2ccc(C(=C3CCN(CC4CC4)CC3)c3nc4c(Cl)cc(Cl)cc4[nH]3)cc2)c1. The van der Waals surface area contributed by atoms with Crippen LogP contribution in [0.15, 0.2) is 66.2 Å². The van der Waals surface area contributed by atoms with Gasteiger partial charge in [0, 0.05) is 30.2 Å². The van der Waals surface area contributed by atoms with Gasteiger partial charge in [0.2, 0.25) is 0 Å². The largest absolute Gasteiger partial charge is 0.338 e. The van der Waals surface area contributed by atoms with Crippen molar-refractivity contribution in [2.24, 2.45) is 5.92 Å². The Balaban J connectivity index is 1.39. The predicted molar refractivity (Wildman–Crippen MR) is 147 cm³/mol. The van der Waals surface area contributed by atoms with Crippen molar-refractivity contribution in [3.63, 3.8) is 0 Å². The molecule has 6 rings (SSSR count). The molecule has 1 N–H and O–H groups in total. The molecular weight excluding hydrogens is 487 g/mol. The molecule has 0 amide bonds. The van der Waals surface area contributed by atoms with Crippen LogP contribution in [0, 0.1) is 17.2 Å². The Morgan fingerprint density at radius 3 is 2.50 bits per heavy atom. The van der Waals surface area contributed by atoms with Crippen LogP contribution < -0.4 is 0 Å². The second kappa shape index (κ2) is 9.75. The highest BCUT2D eigenvalue weighted by Crippen LogP contribution is 2.36. The van der Waals surface area contributed by atoms with E-state index in [1.807, 2.05) is 30.3 Å². The highest BCUT2D eigenvalue weighted by Gasteiger charge is 2.27. The number of piperidine rings is 1. The topological polar surface area (TPSA) is 55.7 Å². The van der Waals surface area contributed by atoms with Gasteiger partial charge in [-0.3, -0.25) is 0 Å². The number of likely N-dealkylation sites (tertiary alicyclic amines) is 1. The van der Waals surface area contributed by atoms with E-state index in [0.29, 0.717) is 15.6 Å². The summed E-state index contributed by atoms with van der Waals surface area (Å²) in [5.41, 5.74) is 8.07. The summed E-state index contributed by atoms with van der Waals surface area (Å²) in [6.07, 6.45) is 4.83. The third kappa shape index (κ3) is 4.80. The predicted octanol–water partition coefficient (Wildman–Crippen LogP) is 7.72. The van der Waals surface area contributed by atoms with E-state index in [1.165, 1.54) is 25.0 Å². The van der Waals surface area contributed by atoms with E-state index in [1.54, 1.807) is 6.07 Å². The third-order valence-corrected chi connectivity index (χ3v) is 7.77. The zero-order valence-electron chi connectivity index (χ0n) is 19.9. The number of hydrogen-bond donors (Lipinski definition) is 1. The van der Waals surface area contributed by atoms with E-state index in [9.17, 15) is 5.26 Å². The van der Waals surface area contributed by atoms with E-state index in [2.05, 4.69) is 40.2 Å². The molecule has 4 nitrogen and oxygen atoms in total. The molecule has 0 radical (unpaired) electrons. The maximum absolute atomic E-state index is 9.28. The Hall–Kier alpha value is -3.10. The van der Waals surface area contributed by atoms with Gasteiger partial charge >= 0.3 is 0 Å². The molecule has 0 spiro atoms. The molecule has 6 heteroatoms. The summed E-state index contributed by atoms with van der Waals surface area (Å²) in [5.74, 6) is 1.74. The highest BCUT2D eigenvalue weighted by molar-refractivity contribution is 6.38. The molecule has 2 heterocycles. The Morgan fingerprint density at radius 1 is 1.00 bits per heavy atom. The van der Waals surface area contributed by atoms with E-state index in [0.717, 1.165) is 71.0 Å². The average Bonchev–Trinajstić information content (AvgIpc) is 3.61. The maximum atomic E-state index is 9.28. The molecule has 1 aliphatic heterocycles. The van der Waals surface area contributed by atoms with Crippen molar-refractivity contribution >= 4 is 39.8 Å². The number of hydrogen-bond acceptors (Lipinski definition) is 3. The minimum absolute atomic E-state index is 0.552. The van der Waals surface area contributed by atoms with Gasteiger partial charge in [-0.25, -0.2) is 4.98 Å². The fourth-order valence-corrected chi connectivity index (χ4v) is 5.72. The minimum Gasteiger partial charge on any atom is -0.338 e. The number of imidazole rings is 1. The summed E-state index contributed by atoms with van der Waals surface area (Å²) in [7, 11) is 0. The molecule has 2 fully saturated rings. The van der Waals surface area contributed by atoms with Gasteiger partial charge in [0.1, 0.15) is 11.3 Å². The van der Waals surface area contributed by atoms with Gasteiger partial charge in [-0.05, 0) is 72.6 Å². The number of nitriles is 1. The molecule has 1 saturated carbocycles. The Bertz CT molecular complexity index is 1500. The van der Waals surface area contributed by atoms with Gasteiger partial charge < -0.3 is 9.88 Å². The molecule has 1 aliphatic carbocycles. The number of aromatic nitrogens is 2. The van der Waals surface area contributed by atoms with Gasteiger partial charge in [0.05, 0.1) is 22.2 Å². The van der Waals surface area contributed by atoms with Crippen molar-refractivity contribution in [3.8, 4) is 17.2 Å². The molecule has 0 bridgehead atoms. The van der Waals surface area contributed by atoms with Gasteiger partial charge in [0.25, 0.3) is 0 Å². The molecule has 2 aliphatic rings. The van der Waals surface area contributed by atoms with E-state index < -0.39 is 0 Å². The zero-order valence-corrected chi connectivity index (χ0v) is 21.4. The lowest BCUT2D eigenvalue weighted by Crippen LogP contribution is -2.32. The average molecular weight is 513 g/mol. The van der Waals surface area contributed by atoms with Crippen molar-refractivity contribution in [2.75, 3.05) is 19.6 Å². The quantitative estimate of drug-likeness (QED) is 0.297. The van der Waals surface area contributed by atoms with Crippen molar-refractivity contribution < 1.29 is 0 Å². The van der Waals surface area contributed by atoms with Gasteiger partial charge in [-0.2, -0.15) is 5.26 Å². The highest BCUT2D eigenvalue weighted by atomic mass is 35.5. The van der Waals surface area contributed by atoms with Crippen LogP contribution in [0.1, 0.15) is 42.6 Å². The number of rotatable bonds is 5. The summed E-state index contributed by atoms with van der Waals surface area (Å²) >= 11 is 12.8. The van der Waals surface area contributed by atoms with Crippen LogP contribution in [0.5, 0.6) is 0 Å². The van der Waals surface area contributed by atoms with Gasteiger partial charge in [-0.15, -0.1) is 0 Å². The van der Waals surface area contributed by atoms with Crippen LogP contribution in [0.2, 0.25) is 10.0 Å². The molecule has 1 saturated heterocycles. The lowest BCUT2D eigenvalue weighted by atomic mass is 9.91. The standard InChI is InChI=1S/C30H26Cl2N4/c31-25-15-26(32)29-27(16-25)34-30(35-29)28(23-10-12-36(13-11-23)18-19-4-5-19)22-8-6-21(7-9-22)24-3-1-2-20(14-24)17-33/h1-3,6-9,14-16,19H,4-5,10-13,18H2,(H,34,35). The summed E-state index contributed by atoms with van der Waals surface area (Å²) in [5, 5.41) is 10.4. The molecule has 180 valence electrons. The second-order valence-electron chi connectivity index (χ2n) is 9.86. The van der Waals surface area contributed by atoms with Gasteiger partial charge in [0.15, 0.2) is 0 Å². The molecule has 0 atom stereocenters. The molecule has 0 unspecified atom stereocenters. The van der Waals surface area contributed by atoms with E-state index in [-0.39, 0.29) is 0 Å². The number of fused-ring (bicyclic) bond motifs is 1. The first-order valence-corrected chi connectivity index (χ1v) is 13.2. The van der Waals surface area contributed by atoms with Crippen molar-refractivity contribution in [1.29, 1.82) is 5.26 Å². The number of benzene rings is 3. The number of H-pyrrole nitrogens is 1. The van der Waals surface area contributed by atoms with Gasteiger partial charge in [-0.1, -0.05) is 65.2 Å². The number of aromatic amines is 1. The first-order valence-electron chi connectivity index (χ1n) is 12.5. The summed E-state index contributed by atoms with van der Waals surface area (Å²) < 4.78 is 0. The Labute approximate surface area is 221 Å². The Kier molecular flexibility index (Phi) is 6.31. The van der Waals surface area contributed by atoms with E-state index in [4.69, 9.17) is 28.2 Å². The first kappa shape index (κ1) is 23.3. The zero-order chi connectivity index (χ0) is 24.6. The monoisotopic (exact) mass is 512 g/mol. The second-order valence-corrected chi connectivity index (χ2v) is 10.7. The number of halogens is 2. The fraction of sp³-hybridized carbons (Fsp3) is 0.267. The van der Waals surface area contributed by atoms with Crippen molar-refractivity contribution in [1.82, 2.24) is 14.9 Å². The molecule has 4 aromatic rings. The van der Waals surface area contributed by atoms with Crippen LogP contribution in [0.4, 0.5) is 0 Å². The smallest absolute Gasteiger partial charge is 0.139 e. The van der Waals surface area contributed by atoms with Crippen molar-refractivity contribution in [3.05, 3.63) is 93.2 Å². The molecular formula is C30H26Cl2N4. The third-order valence-electron chi connectivity index (χ3n) is 7.27. The fourth-order valence-electron chi connectivity index (χ4n) is 5.19. The summed E-state index contributed by atoms with van der Waals surface area (Å²) in [6, 6.07) is 22.1. The molecule has 1 aromatic heterocycles. The van der Waals surface area contributed by atoms with Crippen molar-refractivity contribution in [2.45, 2.75) is 25.7 Å². The maximum Gasteiger partial charge on any atom is 0.139 e. The van der Waals surface area contributed by atoms with Crippen LogP contribution in [-0.2, 0) is 0 Å². The lowest BCUT2D eigenvalue weighted by molar-refractivity contribution is 0.247. The van der Waals surface area contributed by atoms with E-state index >= 15 is 0 Å². The lowest BCUT2D eigenvalue weighted by Gasteiger charge is -2.29. The molecule has 3 aromatic carbocycles. The Morgan fingerprint density at radius 2 is 1.78 bits per heavy atom. The number of nitrogens with one attached hydrogen (secondary N) is 1. The normalized spacial score (nSPS) is 16.3. The minimum atomic E-state index is 0.552. The molecule has 36 heavy (non-hydrogen) atoms.